The number of aliphatic imine (C=N–C) groups is 1. The zero-order valence-electron chi connectivity index (χ0n) is 14.7. The molecule has 0 radical (unpaired) electrons. The maximum absolute atomic E-state index is 5.23. The van der Waals surface area contributed by atoms with Crippen molar-refractivity contribution >= 4 is 5.84 Å². The summed E-state index contributed by atoms with van der Waals surface area (Å²) in [6, 6.07) is 32.5. The molecule has 0 spiro atoms. The number of amidine groups is 1. The molecule has 2 atom stereocenters. The Balaban J connectivity index is 1.56. The van der Waals surface area contributed by atoms with Gasteiger partial charge in [-0.05, 0) is 29.5 Å². The lowest BCUT2D eigenvalue weighted by atomic mass is 9.93. The molecule has 1 fully saturated rings. The highest BCUT2D eigenvalue weighted by Crippen LogP contribution is 2.52. The molecule has 2 aliphatic rings. The Kier molecular flexibility index (Phi) is 3.63. The summed E-state index contributed by atoms with van der Waals surface area (Å²) in [6.07, 6.45) is 2.34. The van der Waals surface area contributed by atoms with Crippen LogP contribution in [0.1, 0.15) is 41.6 Å². The van der Waals surface area contributed by atoms with Crippen LogP contribution >= 0.6 is 0 Å². The molecule has 1 heterocycles. The van der Waals surface area contributed by atoms with Gasteiger partial charge in [0.2, 0.25) is 0 Å². The van der Waals surface area contributed by atoms with Gasteiger partial charge in [-0.2, -0.15) is 0 Å². The van der Waals surface area contributed by atoms with Gasteiger partial charge in [0.1, 0.15) is 11.9 Å². The van der Waals surface area contributed by atoms with Gasteiger partial charge in [0.05, 0.1) is 11.5 Å². The molecule has 1 saturated carbocycles. The molecule has 3 aromatic carbocycles. The van der Waals surface area contributed by atoms with E-state index in [1.165, 1.54) is 29.5 Å². The fraction of sp³-hybridized carbons (Fsp3) is 0.208. The van der Waals surface area contributed by atoms with Gasteiger partial charge >= 0.3 is 0 Å². The summed E-state index contributed by atoms with van der Waals surface area (Å²) in [7, 11) is 0. The molecule has 3 aromatic rings. The smallest absolute Gasteiger partial charge is 0.108 e. The molecule has 0 saturated heterocycles. The van der Waals surface area contributed by atoms with E-state index in [1.807, 2.05) is 0 Å². The number of nitrogens with one attached hydrogen (secondary N) is 1. The number of benzene rings is 3. The molecule has 1 aliphatic carbocycles. The summed E-state index contributed by atoms with van der Waals surface area (Å²) in [6.45, 7) is 0. The first kappa shape index (κ1) is 15.4. The van der Waals surface area contributed by atoms with E-state index in [1.54, 1.807) is 0 Å². The zero-order chi connectivity index (χ0) is 17.4. The molecule has 2 nitrogen and oxygen atoms in total. The predicted octanol–water partition coefficient (Wildman–Crippen LogP) is 5.20. The maximum atomic E-state index is 5.23. The zero-order valence-corrected chi connectivity index (χ0v) is 14.7. The molecule has 0 bridgehead atoms. The quantitative estimate of drug-likeness (QED) is 0.694. The Bertz CT molecular complexity index is 912. The summed E-state index contributed by atoms with van der Waals surface area (Å²) in [5.41, 5.74) is 4.03. The highest BCUT2D eigenvalue weighted by atomic mass is 15.2. The van der Waals surface area contributed by atoms with Crippen LogP contribution < -0.4 is 5.32 Å². The molecule has 0 amide bonds. The monoisotopic (exact) mass is 338 g/mol. The first-order valence-electron chi connectivity index (χ1n) is 9.37. The second kappa shape index (κ2) is 6.14. The van der Waals surface area contributed by atoms with E-state index in [9.17, 15) is 0 Å². The van der Waals surface area contributed by atoms with Gasteiger partial charge in [0, 0.05) is 0 Å². The van der Waals surface area contributed by atoms with Crippen molar-refractivity contribution in [2.45, 2.75) is 30.3 Å². The van der Waals surface area contributed by atoms with E-state index < -0.39 is 0 Å². The van der Waals surface area contributed by atoms with Gasteiger partial charge in [-0.1, -0.05) is 91.0 Å². The topological polar surface area (TPSA) is 24.4 Å². The van der Waals surface area contributed by atoms with Crippen LogP contribution in [0, 0.1) is 0 Å². The van der Waals surface area contributed by atoms with E-state index in [-0.39, 0.29) is 17.5 Å². The lowest BCUT2D eigenvalue weighted by molar-refractivity contribution is 0.570. The van der Waals surface area contributed by atoms with Gasteiger partial charge in [0.25, 0.3) is 0 Å². The predicted molar refractivity (Wildman–Crippen MR) is 106 cm³/mol. The largest absolute Gasteiger partial charge is 0.364 e. The van der Waals surface area contributed by atoms with Crippen LogP contribution in [0.2, 0.25) is 0 Å². The van der Waals surface area contributed by atoms with Crippen LogP contribution in [0.3, 0.4) is 0 Å². The Morgan fingerprint density at radius 3 is 1.81 bits per heavy atom. The Morgan fingerprint density at radius 2 is 1.23 bits per heavy atom. The SMILES string of the molecule is c1ccc([C@H]2NC(C3(c4ccccc4)CC3)=N[C@H]2c2ccccc2)cc1. The second-order valence-corrected chi connectivity index (χ2v) is 7.31. The Morgan fingerprint density at radius 1 is 0.692 bits per heavy atom. The van der Waals surface area contributed by atoms with Crippen LogP contribution in [-0.2, 0) is 5.41 Å². The van der Waals surface area contributed by atoms with E-state index in [0.717, 1.165) is 5.84 Å². The van der Waals surface area contributed by atoms with E-state index in [0.29, 0.717) is 0 Å². The van der Waals surface area contributed by atoms with Crippen LogP contribution in [0.4, 0.5) is 0 Å². The van der Waals surface area contributed by atoms with Crippen molar-refractivity contribution in [1.82, 2.24) is 5.32 Å². The first-order valence-corrected chi connectivity index (χ1v) is 9.37. The minimum Gasteiger partial charge on any atom is -0.364 e. The van der Waals surface area contributed by atoms with Crippen LogP contribution in [0.5, 0.6) is 0 Å². The molecule has 0 aromatic heterocycles. The van der Waals surface area contributed by atoms with Gasteiger partial charge < -0.3 is 5.32 Å². The average molecular weight is 338 g/mol. The van der Waals surface area contributed by atoms with Crippen molar-refractivity contribution in [3.63, 3.8) is 0 Å². The third kappa shape index (κ3) is 2.53. The van der Waals surface area contributed by atoms with E-state index in [4.69, 9.17) is 4.99 Å². The summed E-state index contributed by atoms with van der Waals surface area (Å²) in [5, 5.41) is 3.81. The third-order valence-electron chi connectivity index (χ3n) is 5.71. The molecule has 0 unspecified atom stereocenters. The van der Waals surface area contributed by atoms with Crippen LogP contribution in [0.15, 0.2) is 96.0 Å². The molecule has 5 rings (SSSR count). The molecular formula is C24H22N2. The Labute approximate surface area is 154 Å². The van der Waals surface area contributed by atoms with E-state index >= 15 is 0 Å². The van der Waals surface area contributed by atoms with Gasteiger partial charge in [-0.25, -0.2) is 0 Å². The standard InChI is InChI=1S/C24H22N2/c1-4-10-18(11-5-1)21-22(19-12-6-2-7-13-19)26-23(25-21)24(16-17-24)20-14-8-3-9-15-20/h1-15,21-22H,16-17H2,(H,25,26)/t21-,22+. The summed E-state index contributed by atoms with van der Waals surface area (Å²) >= 11 is 0. The van der Waals surface area contributed by atoms with Crippen molar-refractivity contribution < 1.29 is 0 Å². The summed E-state index contributed by atoms with van der Waals surface area (Å²) in [5.74, 6) is 1.16. The van der Waals surface area contributed by atoms with Crippen molar-refractivity contribution in [2.75, 3.05) is 0 Å². The van der Waals surface area contributed by atoms with Crippen molar-refractivity contribution in [2.24, 2.45) is 4.99 Å². The van der Waals surface area contributed by atoms with Gasteiger partial charge in [-0.3, -0.25) is 4.99 Å². The molecule has 1 aliphatic heterocycles. The second-order valence-electron chi connectivity index (χ2n) is 7.31. The van der Waals surface area contributed by atoms with Crippen LogP contribution in [-0.4, -0.2) is 5.84 Å². The maximum Gasteiger partial charge on any atom is 0.108 e. The highest BCUT2D eigenvalue weighted by molar-refractivity contribution is 5.97. The lowest BCUT2D eigenvalue weighted by Crippen LogP contribution is -2.33. The third-order valence-corrected chi connectivity index (χ3v) is 5.71. The number of rotatable bonds is 4. The Hall–Kier alpha value is -2.87. The number of hydrogen-bond donors (Lipinski definition) is 1. The van der Waals surface area contributed by atoms with E-state index in [2.05, 4.69) is 96.3 Å². The lowest BCUT2D eigenvalue weighted by Gasteiger charge is -2.21. The molecule has 128 valence electrons. The van der Waals surface area contributed by atoms with Gasteiger partial charge in [-0.15, -0.1) is 0 Å². The highest BCUT2D eigenvalue weighted by Gasteiger charge is 2.52. The van der Waals surface area contributed by atoms with Gasteiger partial charge in [0.15, 0.2) is 0 Å². The van der Waals surface area contributed by atoms with Crippen molar-refractivity contribution in [3.8, 4) is 0 Å². The summed E-state index contributed by atoms with van der Waals surface area (Å²) in [4.78, 5) is 5.23. The average Bonchev–Trinajstić information content (AvgIpc) is 3.42. The van der Waals surface area contributed by atoms with Crippen molar-refractivity contribution in [1.29, 1.82) is 0 Å². The van der Waals surface area contributed by atoms with Crippen LogP contribution in [0.25, 0.3) is 0 Å². The molecular weight excluding hydrogens is 316 g/mol. The molecule has 26 heavy (non-hydrogen) atoms. The normalized spacial score (nSPS) is 23.2. The number of hydrogen-bond acceptors (Lipinski definition) is 2. The summed E-state index contributed by atoms with van der Waals surface area (Å²) < 4.78 is 0. The minimum absolute atomic E-state index is 0.0812. The fourth-order valence-electron chi connectivity index (χ4n) is 4.13. The minimum atomic E-state index is 0.0812. The molecule has 2 heteroatoms. The van der Waals surface area contributed by atoms with Crippen molar-refractivity contribution in [3.05, 3.63) is 108 Å². The first-order chi connectivity index (χ1) is 12.9. The number of nitrogens with zero attached hydrogens (tertiary/aromatic N) is 1. The molecule has 1 N–H and O–H groups in total. The fourth-order valence-corrected chi connectivity index (χ4v) is 4.13.